The Kier molecular flexibility index (Phi) is 4.76. The number of carbonyl (C=O) groups is 1. The lowest BCUT2D eigenvalue weighted by molar-refractivity contribution is 0.194. The number of aryl methyl sites for hydroxylation is 1. The van der Waals surface area contributed by atoms with E-state index in [0.717, 1.165) is 31.7 Å². The smallest absolute Gasteiger partial charge is 0.317 e. The number of amides is 2. The van der Waals surface area contributed by atoms with E-state index in [4.69, 9.17) is 0 Å². The van der Waals surface area contributed by atoms with Crippen LogP contribution in [0.2, 0.25) is 0 Å². The number of anilines is 1. The van der Waals surface area contributed by atoms with E-state index < -0.39 is 0 Å². The normalized spacial score (nSPS) is 14.7. The molecule has 3 rings (SSSR count). The maximum Gasteiger partial charge on any atom is 0.317 e. The first-order chi connectivity index (χ1) is 11.2. The average Bonchev–Trinajstić information content (AvgIpc) is 2.62. The molecule has 0 radical (unpaired) electrons. The summed E-state index contributed by atoms with van der Waals surface area (Å²) in [6, 6.07) is 12.2. The molecule has 0 saturated carbocycles. The fraction of sp³-hybridized carbons (Fsp3) is 0.333. The van der Waals surface area contributed by atoms with Crippen LogP contribution in [-0.2, 0) is 6.54 Å². The van der Waals surface area contributed by atoms with Crippen molar-refractivity contribution in [1.82, 2.24) is 15.2 Å². The monoisotopic (exact) mass is 310 g/mol. The van der Waals surface area contributed by atoms with E-state index in [0.29, 0.717) is 6.54 Å². The highest BCUT2D eigenvalue weighted by Gasteiger charge is 2.21. The van der Waals surface area contributed by atoms with Crippen molar-refractivity contribution in [2.45, 2.75) is 13.5 Å². The maximum atomic E-state index is 12.3. The molecule has 2 heterocycles. The standard InChI is InChI=1S/C18H22N4O/c1-15-4-2-3-5-16(15)14-20-18(23)22-12-10-21(11-13-22)17-6-8-19-9-7-17/h2-9H,10-14H2,1H3,(H,20,23). The summed E-state index contributed by atoms with van der Waals surface area (Å²) in [6.45, 7) is 5.82. The van der Waals surface area contributed by atoms with Gasteiger partial charge in [0.2, 0.25) is 0 Å². The molecule has 0 aliphatic carbocycles. The Morgan fingerprint density at radius 1 is 1.09 bits per heavy atom. The molecule has 2 aromatic rings. The van der Waals surface area contributed by atoms with Gasteiger partial charge in [0, 0.05) is 50.8 Å². The molecule has 0 unspecified atom stereocenters. The second-order valence-corrected chi connectivity index (χ2v) is 5.76. The lowest BCUT2D eigenvalue weighted by Gasteiger charge is -2.36. The second kappa shape index (κ2) is 7.13. The molecule has 1 aromatic carbocycles. The largest absolute Gasteiger partial charge is 0.368 e. The highest BCUT2D eigenvalue weighted by Crippen LogP contribution is 2.15. The van der Waals surface area contributed by atoms with Gasteiger partial charge in [-0.1, -0.05) is 24.3 Å². The number of hydrogen-bond donors (Lipinski definition) is 1. The molecule has 23 heavy (non-hydrogen) atoms. The number of urea groups is 1. The minimum atomic E-state index is 0.0163. The Balaban J connectivity index is 1.50. The Labute approximate surface area is 136 Å². The third kappa shape index (κ3) is 3.80. The van der Waals surface area contributed by atoms with Gasteiger partial charge in [-0.3, -0.25) is 4.98 Å². The van der Waals surface area contributed by atoms with E-state index in [1.165, 1.54) is 11.3 Å². The number of aromatic nitrogens is 1. The molecular weight excluding hydrogens is 288 g/mol. The van der Waals surface area contributed by atoms with Gasteiger partial charge in [-0.05, 0) is 30.2 Å². The van der Waals surface area contributed by atoms with Crippen LogP contribution in [0, 0.1) is 6.92 Å². The van der Waals surface area contributed by atoms with E-state index in [1.54, 1.807) is 12.4 Å². The van der Waals surface area contributed by atoms with Crippen molar-refractivity contribution >= 4 is 11.7 Å². The van der Waals surface area contributed by atoms with Gasteiger partial charge in [0.25, 0.3) is 0 Å². The topological polar surface area (TPSA) is 48.5 Å². The van der Waals surface area contributed by atoms with Crippen LogP contribution in [0.5, 0.6) is 0 Å². The van der Waals surface area contributed by atoms with Gasteiger partial charge in [0.15, 0.2) is 0 Å². The van der Waals surface area contributed by atoms with E-state index >= 15 is 0 Å². The average molecular weight is 310 g/mol. The lowest BCUT2D eigenvalue weighted by Crippen LogP contribution is -2.51. The molecule has 0 atom stereocenters. The molecule has 2 amide bonds. The summed E-state index contributed by atoms with van der Waals surface area (Å²) in [5, 5.41) is 3.02. The van der Waals surface area contributed by atoms with Crippen LogP contribution < -0.4 is 10.2 Å². The van der Waals surface area contributed by atoms with E-state index in [-0.39, 0.29) is 6.03 Å². The SMILES string of the molecule is Cc1ccccc1CNC(=O)N1CCN(c2ccncc2)CC1. The fourth-order valence-corrected chi connectivity index (χ4v) is 2.81. The van der Waals surface area contributed by atoms with E-state index in [1.807, 2.05) is 29.2 Å². The summed E-state index contributed by atoms with van der Waals surface area (Å²) >= 11 is 0. The summed E-state index contributed by atoms with van der Waals surface area (Å²) in [6.07, 6.45) is 3.60. The molecule has 5 heteroatoms. The van der Waals surface area contributed by atoms with Crippen molar-refractivity contribution in [3.05, 3.63) is 59.9 Å². The fourth-order valence-electron chi connectivity index (χ4n) is 2.81. The van der Waals surface area contributed by atoms with Crippen molar-refractivity contribution in [2.24, 2.45) is 0 Å². The van der Waals surface area contributed by atoms with Crippen molar-refractivity contribution in [3.8, 4) is 0 Å². The summed E-state index contributed by atoms with van der Waals surface area (Å²) in [5.41, 5.74) is 3.53. The Bertz CT molecular complexity index is 651. The molecule has 0 spiro atoms. The molecule has 0 bridgehead atoms. The first kappa shape index (κ1) is 15.3. The van der Waals surface area contributed by atoms with Gasteiger partial charge >= 0.3 is 6.03 Å². The number of pyridine rings is 1. The number of nitrogens with zero attached hydrogens (tertiary/aromatic N) is 3. The van der Waals surface area contributed by atoms with Gasteiger partial charge in [-0.2, -0.15) is 0 Å². The Morgan fingerprint density at radius 3 is 2.48 bits per heavy atom. The quantitative estimate of drug-likeness (QED) is 0.947. The second-order valence-electron chi connectivity index (χ2n) is 5.76. The number of rotatable bonds is 3. The van der Waals surface area contributed by atoms with Crippen molar-refractivity contribution < 1.29 is 4.79 Å². The third-order valence-corrected chi connectivity index (χ3v) is 4.29. The van der Waals surface area contributed by atoms with Crippen molar-refractivity contribution in [3.63, 3.8) is 0 Å². The van der Waals surface area contributed by atoms with Crippen molar-refractivity contribution in [2.75, 3.05) is 31.1 Å². The van der Waals surface area contributed by atoms with Crippen LogP contribution in [0.15, 0.2) is 48.8 Å². The predicted octanol–water partition coefficient (Wildman–Crippen LogP) is 2.42. The predicted molar refractivity (Wildman–Crippen MR) is 91.4 cm³/mol. The summed E-state index contributed by atoms with van der Waals surface area (Å²) in [5.74, 6) is 0. The zero-order valence-electron chi connectivity index (χ0n) is 13.4. The Morgan fingerprint density at radius 2 is 1.78 bits per heavy atom. The summed E-state index contributed by atoms with van der Waals surface area (Å²) < 4.78 is 0. The molecule has 1 saturated heterocycles. The lowest BCUT2D eigenvalue weighted by atomic mass is 10.1. The number of benzene rings is 1. The van der Waals surface area contributed by atoms with Crippen LogP contribution in [0.4, 0.5) is 10.5 Å². The van der Waals surface area contributed by atoms with Gasteiger partial charge in [-0.15, -0.1) is 0 Å². The minimum Gasteiger partial charge on any atom is -0.368 e. The first-order valence-electron chi connectivity index (χ1n) is 7.96. The molecule has 1 fully saturated rings. The highest BCUT2D eigenvalue weighted by molar-refractivity contribution is 5.74. The zero-order valence-corrected chi connectivity index (χ0v) is 13.4. The van der Waals surface area contributed by atoms with Crippen LogP contribution in [-0.4, -0.2) is 42.1 Å². The van der Waals surface area contributed by atoms with Crippen LogP contribution in [0.25, 0.3) is 0 Å². The third-order valence-electron chi connectivity index (χ3n) is 4.29. The molecule has 1 aliphatic rings. The van der Waals surface area contributed by atoms with Gasteiger partial charge in [0.1, 0.15) is 0 Å². The van der Waals surface area contributed by atoms with Gasteiger partial charge in [-0.25, -0.2) is 4.79 Å². The van der Waals surface area contributed by atoms with Crippen LogP contribution in [0.1, 0.15) is 11.1 Å². The molecule has 120 valence electrons. The minimum absolute atomic E-state index is 0.0163. The molecular formula is C18H22N4O. The summed E-state index contributed by atoms with van der Waals surface area (Å²) in [4.78, 5) is 20.5. The van der Waals surface area contributed by atoms with Crippen LogP contribution >= 0.6 is 0 Å². The summed E-state index contributed by atoms with van der Waals surface area (Å²) in [7, 11) is 0. The molecule has 1 aromatic heterocycles. The van der Waals surface area contributed by atoms with Gasteiger partial charge < -0.3 is 15.1 Å². The number of carbonyl (C=O) groups excluding carboxylic acids is 1. The number of hydrogen-bond acceptors (Lipinski definition) is 3. The number of piperazine rings is 1. The number of nitrogens with one attached hydrogen (secondary N) is 1. The van der Waals surface area contributed by atoms with E-state index in [2.05, 4.69) is 34.3 Å². The molecule has 1 aliphatic heterocycles. The zero-order chi connectivity index (χ0) is 16.1. The van der Waals surface area contributed by atoms with Crippen molar-refractivity contribution in [1.29, 1.82) is 0 Å². The van der Waals surface area contributed by atoms with Crippen LogP contribution in [0.3, 0.4) is 0 Å². The van der Waals surface area contributed by atoms with Gasteiger partial charge in [0.05, 0.1) is 0 Å². The first-order valence-corrected chi connectivity index (χ1v) is 7.96. The molecule has 1 N–H and O–H groups in total. The highest BCUT2D eigenvalue weighted by atomic mass is 16.2. The Hall–Kier alpha value is -2.56. The van der Waals surface area contributed by atoms with E-state index in [9.17, 15) is 4.79 Å². The maximum absolute atomic E-state index is 12.3. The molecule has 5 nitrogen and oxygen atoms in total.